The van der Waals surface area contributed by atoms with Crippen LogP contribution in [0.5, 0.6) is 0 Å². The maximum Gasteiger partial charge on any atom is 0.230 e. The molecule has 1 atom stereocenters. The van der Waals surface area contributed by atoms with E-state index in [0.29, 0.717) is 11.7 Å². The van der Waals surface area contributed by atoms with Gasteiger partial charge >= 0.3 is 0 Å². The third-order valence-corrected chi connectivity index (χ3v) is 4.51. The Labute approximate surface area is 133 Å². The molecule has 5 heteroatoms. The zero-order chi connectivity index (χ0) is 15.1. The summed E-state index contributed by atoms with van der Waals surface area (Å²) in [6, 6.07) is 5.88. The molecule has 0 saturated heterocycles. The number of aliphatic hydroxyl groups excluding tert-OH is 1. The molecule has 3 nitrogen and oxygen atoms in total. The standard InChI is InChI=1S/C15H22BrNO2S/c1-10(2)6-13(8-18)17-15(19)9-20-14-5-4-12(16)7-11(14)3/h4-5,7,10,13,18H,6,8-9H2,1-3H3,(H,17,19). The van der Waals surface area contributed by atoms with Gasteiger partial charge in [-0.25, -0.2) is 0 Å². The molecule has 2 N–H and O–H groups in total. The van der Waals surface area contributed by atoms with Gasteiger partial charge in [-0.2, -0.15) is 0 Å². The van der Waals surface area contributed by atoms with E-state index in [1.165, 1.54) is 11.8 Å². The second kappa shape index (κ2) is 8.70. The summed E-state index contributed by atoms with van der Waals surface area (Å²) < 4.78 is 1.04. The van der Waals surface area contributed by atoms with E-state index in [1.807, 2.05) is 25.1 Å². The molecule has 20 heavy (non-hydrogen) atoms. The normalized spacial score (nSPS) is 12.5. The molecule has 0 aliphatic heterocycles. The number of carbonyl (C=O) groups excluding carboxylic acids is 1. The van der Waals surface area contributed by atoms with Gasteiger partial charge in [0.15, 0.2) is 0 Å². The minimum atomic E-state index is -0.144. The molecule has 1 rings (SSSR count). The summed E-state index contributed by atoms with van der Waals surface area (Å²) in [5, 5.41) is 12.1. The second-order valence-corrected chi connectivity index (χ2v) is 7.21. The number of hydrogen-bond acceptors (Lipinski definition) is 3. The molecule has 0 spiro atoms. The Kier molecular flexibility index (Phi) is 7.62. The van der Waals surface area contributed by atoms with Gasteiger partial charge < -0.3 is 10.4 Å². The fourth-order valence-electron chi connectivity index (χ4n) is 1.94. The molecule has 1 amide bonds. The first-order valence-corrected chi connectivity index (χ1v) is 8.49. The minimum Gasteiger partial charge on any atom is -0.394 e. The summed E-state index contributed by atoms with van der Waals surface area (Å²) in [4.78, 5) is 13.0. The quantitative estimate of drug-likeness (QED) is 0.733. The summed E-state index contributed by atoms with van der Waals surface area (Å²) in [5.74, 6) is 0.794. The maximum absolute atomic E-state index is 11.9. The molecule has 0 aliphatic carbocycles. The highest BCUT2D eigenvalue weighted by molar-refractivity contribution is 9.10. The van der Waals surface area contributed by atoms with Gasteiger partial charge in [-0.1, -0.05) is 29.8 Å². The van der Waals surface area contributed by atoms with Gasteiger partial charge in [-0.05, 0) is 43.0 Å². The maximum atomic E-state index is 11.9. The lowest BCUT2D eigenvalue weighted by Crippen LogP contribution is -2.39. The van der Waals surface area contributed by atoms with Gasteiger partial charge in [0, 0.05) is 9.37 Å². The van der Waals surface area contributed by atoms with Crippen molar-refractivity contribution < 1.29 is 9.90 Å². The molecular weight excluding hydrogens is 338 g/mol. The number of thioether (sulfide) groups is 1. The molecular formula is C15H22BrNO2S. The van der Waals surface area contributed by atoms with E-state index in [1.54, 1.807) is 0 Å². The topological polar surface area (TPSA) is 49.3 Å². The van der Waals surface area contributed by atoms with Crippen molar-refractivity contribution in [3.63, 3.8) is 0 Å². The van der Waals surface area contributed by atoms with Crippen LogP contribution in [-0.2, 0) is 4.79 Å². The van der Waals surface area contributed by atoms with Gasteiger partial charge in [-0.15, -0.1) is 11.8 Å². The second-order valence-electron chi connectivity index (χ2n) is 5.28. The smallest absolute Gasteiger partial charge is 0.230 e. The summed E-state index contributed by atoms with van der Waals surface area (Å²) in [7, 11) is 0. The van der Waals surface area contributed by atoms with Crippen molar-refractivity contribution in [1.29, 1.82) is 0 Å². The Bertz CT molecular complexity index is 451. The monoisotopic (exact) mass is 359 g/mol. The van der Waals surface area contributed by atoms with Crippen LogP contribution in [0.15, 0.2) is 27.6 Å². The van der Waals surface area contributed by atoms with Crippen LogP contribution in [0.1, 0.15) is 25.8 Å². The van der Waals surface area contributed by atoms with E-state index < -0.39 is 0 Å². The van der Waals surface area contributed by atoms with Crippen LogP contribution in [-0.4, -0.2) is 29.4 Å². The van der Waals surface area contributed by atoms with Crippen molar-refractivity contribution in [2.24, 2.45) is 5.92 Å². The average Bonchev–Trinajstić information content (AvgIpc) is 2.36. The molecule has 0 aliphatic rings. The number of halogens is 1. The number of hydrogen-bond donors (Lipinski definition) is 2. The zero-order valence-electron chi connectivity index (χ0n) is 12.1. The fraction of sp³-hybridized carbons (Fsp3) is 0.533. The summed E-state index contributed by atoms with van der Waals surface area (Å²) >= 11 is 4.95. The molecule has 1 aromatic rings. The van der Waals surface area contributed by atoms with E-state index in [9.17, 15) is 9.90 Å². The van der Waals surface area contributed by atoms with E-state index in [2.05, 4.69) is 35.1 Å². The highest BCUT2D eigenvalue weighted by Gasteiger charge is 2.13. The number of amides is 1. The van der Waals surface area contributed by atoms with Crippen molar-refractivity contribution in [2.75, 3.05) is 12.4 Å². The zero-order valence-corrected chi connectivity index (χ0v) is 14.6. The van der Waals surface area contributed by atoms with Crippen LogP contribution in [0.2, 0.25) is 0 Å². The highest BCUT2D eigenvalue weighted by Crippen LogP contribution is 2.25. The van der Waals surface area contributed by atoms with Crippen LogP contribution in [0.25, 0.3) is 0 Å². The third-order valence-electron chi connectivity index (χ3n) is 2.84. The summed E-state index contributed by atoms with van der Waals surface area (Å²) in [6.45, 7) is 6.18. The summed E-state index contributed by atoms with van der Waals surface area (Å²) in [6.07, 6.45) is 0.796. The largest absolute Gasteiger partial charge is 0.394 e. The third kappa shape index (κ3) is 6.29. The molecule has 112 valence electrons. The van der Waals surface area contributed by atoms with Crippen LogP contribution in [0.3, 0.4) is 0 Å². The predicted octanol–water partition coefficient (Wildman–Crippen LogP) is 3.37. The van der Waals surface area contributed by atoms with Crippen molar-refractivity contribution in [3.8, 4) is 0 Å². The lowest BCUT2D eigenvalue weighted by molar-refractivity contribution is -0.119. The SMILES string of the molecule is Cc1cc(Br)ccc1SCC(=O)NC(CO)CC(C)C. The van der Waals surface area contributed by atoms with Gasteiger partial charge in [0.1, 0.15) is 0 Å². The molecule has 1 aromatic carbocycles. The Morgan fingerprint density at radius 1 is 1.45 bits per heavy atom. The van der Waals surface area contributed by atoms with Crippen molar-refractivity contribution in [1.82, 2.24) is 5.32 Å². The van der Waals surface area contributed by atoms with Crippen molar-refractivity contribution in [3.05, 3.63) is 28.2 Å². The van der Waals surface area contributed by atoms with Gasteiger partial charge in [-0.3, -0.25) is 4.79 Å². The van der Waals surface area contributed by atoms with E-state index in [4.69, 9.17) is 0 Å². The van der Waals surface area contributed by atoms with Gasteiger partial charge in [0.2, 0.25) is 5.91 Å². The minimum absolute atomic E-state index is 0.00804. The number of nitrogens with one attached hydrogen (secondary N) is 1. The van der Waals surface area contributed by atoms with E-state index in [-0.39, 0.29) is 18.6 Å². The molecule has 0 heterocycles. The first-order chi connectivity index (χ1) is 9.42. The predicted molar refractivity (Wildman–Crippen MR) is 88.1 cm³/mol. The first-order valence-electron chi connectivity index (χ1n) is 6.71. The van der Waals surface area contributed by atoms with Gasteiger partial charge in [0.25, 0.3) is 0 Å². The number of aliphatic hydroxyl groups is 1. The molecule has 0 saturated carbocycles. The molecule has 1 unspecified atom stereocenters. The van der Waals surface area contributed by atoms with Crippen LogP contribution < -0.4 is 5.32 Å². The molecule has 0 bridgehead atoms. The first kappa shape index (κ1) is 17.5. The van der Waals surface area contributed by atoms with Crippen molar-refractivity contribution in [2.45, 2.75) is 38.1 Å². The Hall–Kier alpha value is -0.520. The lowest BCUT2D eigenvalue weighted by atomic mass is 10.0. The lowest BCUT2D eigenvalue weighted by Gasteiger charge is -2.18. The Balaban J connectivity index is 2.46. The van der Waals surface area contributed by atoms with Crippen LogP contribution >= 0.6 is 27.7 Å². The molecule has 0 radical (unpaired) electrons. The summed E-state index contributed by atoms with van der Waals surface area (Å²) in [5.41, 5.74) is 1.15. The number of benzene rings is 1. The van der Waals surface area contributed by atoms with Gasteiger partial charge in [0.05, 0.1) is 18.4 Å². The van der Waals surface area contributed by atoms with Crippen LogP contribution in [0, 0.1) is 12.8 Å². The van der Waals surface area contributed by atoms with Crippen molar-refractivity contribution >= 4 is 33.6 Å². The number of aryl methyl sites for hydroxylation is 1. The molecule has 0 aromatic heterocycles. The van der Waals surface area contributed by atoms with Crippen LogP contribution in [0.4, 0.5) is 0 Å². The van der Waals surface area contributed by atoms with E-state index in [0.717, 1.165) is 21.4 Å². The average molecular weight is 360 g/mol. The van der Waals surface area contributed by atoms with E-state index >= 15 is 0 Å². The Morgan fingerprint density at radius 2 is 2.15 bits per heavy atom. The number of rotatable bonds is 7. The number of carbonyl (C=O) groups is 1. The highest BCUT2D eigenvalue weighted by atomic mass is 79.9. The Morgan fingerprint density at radius 3 is 2.70 bits per heavy atom. The fourth-order valence-corrected chi connectivity index (χ4v) is 3.23. The molecule has 0 fully saturated rings.